The maximum Gasteiger partial charge on any atom is 0.255 e. The number of sulfone groups is 1. The Bertz CT molecular complexity index is 940. The van der Waals surface area contributed by atoms with Crippen LogP contribution in [0.1, 0.15) is 15.9 Å². The molecule has 1 aliphatic rings. The van der Waals surface area contributed by atoms with Gasteiger partial charge in [0.25, 0.3) is 5.91 Å². The van der Waals surface area contributed by atoms with E-state index in [4.69, 9.17) is 16.3 Å². The number of nitrogens with zero attached hydrogens (tertiary/aromatic N) is 1. The number of benzene rings is 2. The zero-order chi connectivity index (χ0) is 19.4. The van der Waals surface area contributed by atoms with Gasteiger partial charge in [-0.1, -0.05) is 23.7 Å². The molecule has 2 aromatic rings. The van der Waals surface area contributed by atoms with Crippen LogP contribution in [0.4, 0.5) is 11.4 Å². The Balaban J connectivity index is 1.83. The third-order valence-corrected chi connectivity index (χ3v) is 5.27. The van der Waals surface area contributed by atoms with Crippen molar-refractivity contribution in [3.63, 3.8) is 0 Å². The fourth-order valence-corrected chi connectivity index (χ4v) is 3.95. The molecule has 1 N–H and O–H groups in total. The van der Waals surface area contributed by atoms with Crippen molar-refractivity contribution in [2.24, 2.45) is 0 Å². The molecule has 0 unspecified atom stereocenters. The number of morpholine rings is 1. The number of carbonyl (C=O) groups is 1. The number of hydrogen-bond donors (Lipinski definition) is 1. The lowest BCUT2D eigenvalue weighted by Gasteiger charge is -2.30. The van der Waals surface area contributed by atoms with Crippen LogP contribution >= 0.6 is 11.6 Å². The maximum absolute atomic E-state index is 12.7. The van der Waals surface area contributed by atoms with Gasteiger partial charge in [0.05, 0.1) is 30.3 Å². The van der Waals surface area contributed by atoms with Crippen LogP contribution < -0.4 is 10.2 Å². The second-order valence-corrected chi connectivity index (χ2v) is 9.06. The van der Waals surface area contributed by atoms with Gasteiger partial charge in [-0.15, -0.1) is 0 Å². The van der Waals surface area contributed by atoms with Crippen molar-refractivity contribution >= 4 is 38.7 Å². The van der Waals surface area contributed by atoms with Crippen molar-refractivity contribution in [3.05, 3.63) is 58.6 Å². The Morgan fingerprint density at radius 3 is 2.63 bits per heavy atom. The van der Waals surface area contributed by atoms with Crippen molar-refractivity contribution in [2.45, 2.75) is 5.75 Å². The molecule has 1 fully saturated rings. The minimum atomic E-state index is -3.17. The predicted molar refractivity (Wildman–Crippen MR) is 107 cm³/mol. The molecule has 0 saturated carbocycles. The third kappa shape index (κ3) is 5.45. The van der Waals surface area contributed by atoms with Gasteiger partial charge in [-0.3, -0.25) is 4.79 Å². The zero-order valence-electron chi connectivity index (χ0n) is 14.9. The second kappa shape index (κ2) is 8.29. The first kappa shape index (κ1) is 19.7. The van der Waals surface area contributed by atoms with E-state index in [1.807, 2.05) is 6.07 Å². The molecule has 27 heavy (non-hydrogen) atoms. The summed E-state index contributed by atoms with van der Waals surface area (Å²) in [5.41, 5.74) is 2.46. The summed E-state index contributed by atoms with van der Waals surface area (Å²) in [6, 6.07) is 12.0. The highest BCUT2D eigenvalue weighted by Crippen LogP contribution is 2.30. The Labute approximate surface area is 164 Å². The van der Waals surface area contributed by atoms with Gasteiger partial charge < -0.3 is 15.0 Å². The first-order chi connectivity index (χ1) is 12.8. The SMILES string of the molecule is CS(=O)(=O)Cc1cccc(C(=O)Nc2cc(Cl)ccc2N2CCOCC2)c1. The fraction of sp³-hybridized carbons (Fsp3) is 0.316. The average molecular weight is 409 g/mol. The summed E-state index contributed by atoms with van der Waals surface area (Å²) >= 11 is 6.12. The van der Waals surface area contributed by atoms with Crippen LogP contribution in [0.15, 0.2) is 42.5 Å². The van der Waals surface area contributed by atoms with Crippen LogP contribution in [0.3, 0.4) is 0 Å². The Morgan fingerprint density at radius 1 is 1.19 bits per heavy atom. The summed E-state index contributed by atoms with van der Waals surface area (Å²) in [5, 5.41) is 3.42. The normalized spacial score (nSPS) is 14.8. The topological polar surface area (TPSA) is 75.7 Å². The van der Waals surface area contributed by atoms with Crippen LogP contribution in [0.2, 0.25) is 5.02 Å². The van der Waals surface area contributed by atoms with Gasteiger partial charge in [0.1, 0.15) is 0 Å². The van der Waals surface area contributed by atoms with E-state index < -0.39 is 9.84 Å². The van der Waals surface area contributed by atoms with Gasteiger partial charge in [-0.25, -0.2) is 8.42 Å². The van der Waals surface area contributed by atoms with E-state index >= 15 is 0 Å². The van der Waals surface area contributed by atoms with E-state index in [-0.39, 0.29) is 11.7 Å². The van der Waals surface area contributed by atoms with Gasteiger partial charge in [-0.05, 0) is 35.9 Å². The largest absolute Gasteiger partial charge is 0.378 e. The van der Waals surface area contributed by atoms with Crippen LogP contribution in [-0.2, 0) is 20.3 Å². The standard InChI is InChI=1S/C19H21ClN2O4S/c1-27(24,25)13-14-3-2-4-15(11-14)19(23)21-17-12-16(20)5-6-18(17)22-7-9-26-10-8-22/h2-6,11-12H,7-10,13H2,1H3,(H,21,23). The van der Waals surface area contributed by atoms with Crippen LogP contribution in [0, 0.1) is 0 Å². The molecule has 3 rings (SSSR count). The number of carbonyl (C=O) groups excluding carboxylic acids is 1. The smallest absolute Gasteiger partial charge is 0.255 e. The van der Waals surface area contributed by atoms with Gasteiger partial charge >= 0.3 is 0 Å². The lowest BCUT2D eigenvalue weighted by Crippen LogP contribution is -2.36. The molecule has 1 aliphatic heterocycles. The Morgan fingerprint density at radius 2 is 1.93 bits per heavy atom. The fourth-order valence-electron chi connectivity index (χ4n) is 2.99. The van der Waals surface area contributed by atoms with Crippen molar-refractivity contribution in [1.29, 1.82) is 0 Å². The lowest BCUT2D eigenvalue weighted by molar-refractivity contribution is 0.102. The highest BCUT2D eigenvalue weighted by molar-refractivity contribution is 7.89. The van der Waals surface area contributed by atoms with E-state index in [2.05, 4.69) is 10.2 Å². The average Bonchev–Trinajstić information content (AvgIpc) is 2.61. The molecule has 1 heterocycles. The zero-order valence-corrected chi connectivity index (χ0v) is 16.5. The summed E-state index contributed by atoms with van der Waals surface area (Å²) in [7, 11) is -3.17. The molecule has 6 nitrogen and oxygen atoms in total. The number of amides is 1. The molecule has 0 aromatic heterocycles. The third-order valence-electron chi connectivity index (χ3n) is 4.18. The number of ether oxygens (including phenoxy) is 1. The van der Waals surface area contributed by atoms with Gasteiger partial charge in [-0.2, -0.15) is 0 Å². The molecular formula is C19H21ClN2O4S. The number of nitrogens with one attached hydrogen (secondary N) is 1. The minimum absolute atomic E-state index is 0.107. The van der Waals surface area contributed by atoms with Crippen molar-refractivity contribution in [1.82, 2.24) is 0 Å². The molecule has 0 radical (unpaired) electrons. The van der Waals surface area contributed by atoms with Crippen LogP contribution in [0.25, 0.3) is 0 Å². The van der Waals surface area contributed by atoms with E-state index in [0.29, 0.717) is 35.1 Å². The molecule has 8 heteroatoms. The first-order valence-electron chi connectivity index (χ1n) is 8.52. The van der Waals surface area contributed by atoms with E-state index in [9.17, 15) is 13.2 Å². The molecule has 0 aliphatic carbocycles. The molecule has 0 bridgehead atoms. The minimum Gasteiger partial charge on any atom is -0.378 e. The van der Waals surface area contributed by atoms with Crippen LogP contribution in [-0.4, -0.2) is 46.9 Å². The molecule has 1 amide bonds. The maximum atomic E-state index is 12.7. The van der Waals surface area contributed by atoms with Gasteiger partial charge in [0, 0.05) is 29.9 Å². The molecule has 0 spiro atoms. The summed E-state index contributed by atoms with van der Waals surface area (Å²) in [6.07, 6.45) is 1.17. The van der Waals surface area contributed by atoms with E-state index in [1.54, 1.807) is 36.4 Å². The van der Waals surface area contributed by atoms with Crippen molar-refractivity contribution in [2.75, 3.05) is 42.8 Å². The lowest BCUT2D eigenvalue weighted by atomic mass is 10.1. The highest BCUT2D eigenvalue weighted by Gasteiger charge is 2.17. The number of rotatable bonds is 5. The van der Waals surface area contributed by atoms with Crippen LogP contribution in [0.5, 0.6) is 0 Å². The molecular weight excluding hydrogens is 388 g/mol. The second-order valence-electron chi connectivity index (χ2n) is 6.49. The highest BCUT2D eigenvalue weighted by atomic mass is 35.5. The summed E-state index contributed by atoms with van der Waals surface area (Å²) in [6.45, 7) is 2.72. The molecule has 1 saturated heterocycles. The monoisotopic (exact) mass is 408 g/mol. The number of halogens is 1. The number of hydrogen-bond acceptors (Lipinski definition) is 5. The molecule has 0 atom stereocenters. The quantitative estimate of drug-likeness (QED) is 0.823. The van der Waals surface area contributed by atoms with E-state index in [0.717, 1.165) is 18.8 Å². The van der Waals surface area contributed by atoms with Gasteiger partial charge in [0.2, 0.25) is 0 Å². The van der Waals surface area contributed by atoms with Crippen molar-refractivity contribution < 1.29 is 17.9 Å². The molecule has 144 valence electrons. The number of anilines is 2. The predicted octanol–water partition coefficient (Wildman–Crippen LogP) is 2.97. The summed E-state index contributed by atoms with van der Waals surface area (Å²) < 4.78 is 28.4. The Hall–Kier alpha value is -2.09. The summed E-state index contributed by atoms with van der Waals surface area (Å²) in [5.74, 6) is -0.424. The van der Waals surface area contributed by atoms with Gasteiger partial charge in [0.15, 0.2) is 9.84 Å². The molecule has 2 aromatic carbocycles. The van der Waals surface area contributed by atoms with E-state index in [1.165, 1.54) is 6.26 Å². The van der Waals surface area contributed by atoms with Crippen molar-refractivity contribution in [3.8, 4) is 0 Å². The Kier molecular flexibility index (Phi) is 6.04. The summed E-state index contributed by atoms with van der Waals surface area (Å²) in [4.78, 5) is 14.9. The first-order valence-corrected chi connectivity index (χ1v) is 11.0.